The van der Waals surface area contributed by atoms with Crippen molar-refractivity contribution in [3.8, 4) is 11.1 Å². The van der Waals surface area contributed by atoms with Crippen molar-refractivity contribution >= 4 is 18.8 Å². The van der Waals surface area contributed by atoms with Gasteiger partial charge >= 0.3 is 0 Å². The predicted octanol–water partition coefficient (Wildman–Crippen LogP) is 5.44. The number of benzene rings is 3. The molecule has 0 bridgehead atoms. The third kappa shape index (κ3) is 2.21. The van der Waals surface area contributed by atoms with Gasteiger partial charge in [-0.25, -0.2) is 0 Å². The summed E-state index contributed by atoms with van der Waals surface area (Å²) < 4.78 is 0. The van der Waals surface area contributed by atoms with Gasteiger partial charge in [-0.15, -0.1) is 6.58 Å². The van der Waals surface area contributed by atoms with Gasteiger partial charge in [0.15, 0.2) is 0 Å². The first-order valence-electron chi connectivity index (χ1n) is 10.7. The monoisotopic (exact) mass is 400 g/mol. The van der Waals surface area contributed by atoms with E-state index in [-0.39, 0.29) is 0 Å². The molecule has 30 heavy (non-hydrogen) atoms. The molecule has 0 spiro atoms. The molecular weight excluding hydrogens is 376 g/mol. The Kier molecular flexibility index (Phi) is 3.78. The van der Waals surface area contributed by atoms with E-state index in [0.29, 0.717) is 11.5 Å². The predicted molar refractivity (Wildman–Crippen MR) is 130 cm³/mol. The van der Waals surface area contributed by atoms with Crippen molar-refractivity contribution in [2.24, 2.45) is 5.92 Å². The zero-order valence-corrected chi connectivity index (χ0v) is 18.2. The molecular formula is C29H24Si. The molecule has 0 amide bonds. The first-order chi connectivity index (χ1) is 14.7. The molecule has 6 rings (SSSR count). The fraction of sp³-hybridized carbons (Fsp3) is 0.103. The summed E-state index contributed by atoms with van der Waals surface area (Å²) in [6.45, 7) is 7.00. The lowest BCUT2D eigenvalue weighted by molar-refractivity contribution is 1.10. The normalized spacial score (nSPS) is 20.4. The van der Waals surface area contributed by atoms with Crippen molar-refractivity contribution < 1.29 is 0 Å². The van der Waals surface area contributed by atoms with Crippen LogP contribution in [0, 0.1) is 5.92 Å². The Hall–Kier alpha value is -3.16. The van der Waals surface area contributed by atoms with Crippen LogP contribution in [0.15, 0.2) is 109 Å². The van der Waals surface area contributed by atoms with Crippen molar-refractivity contribution in [1.82, 2.24) is 0 Å². The Labute approximate surface area is 178 Å². The Balaban J connectivity index is 1.69. The maximum absolute atomic E-state index is 4.47. The number of fused-ring (bicyclic) bond motifs is 5. The summed E-state index contributed by atoms with van der Waals surface area (Å²) in [5.74, 6) is 0.363. The molecule has 0 saturated heterocycles. The minimum atomic E-state index is -2.14. The second-order valence-electron chi connectivity index (χ2n) is 8.73. The minimum Gasteiger partial charge on any atom is -0.107 e. The largest absolute Gasteiger partial charge is 0.115 e. The molecule has 3 aliphatic rings. The zero-order chi connectivity index (χ0) is 20.3. The Morgan fingerprint density at radius 2 is 1.37 bits per heavy atom. The second-order valence-corrected chi connectivity index (χ2v) is 12.8. The van der Waals surface area contributed by atoms with Crippen molar-refractivity contribution in [2.75, 3.05) is 0 Å². The summed E-state index contributed by atoms with van der Waals surface area (Å²) in [6.07, 6.45) is 9.10. The van der Waals surface area contributed by atoms with Crippen molar-refractivity contribution in [3.05, 3.63) is 131 Å². The van der Waals surface area contributed by atoms with Crippen LogP contribution in [0.4, 0.5) is 0 Å². The summed E-state index contributed by atoms with van der Waals surface area (Å²) >= 11 is 0. The Bertz CT molecular complexity index is 1340. The summed E-state index contributed by atoms with van der Waals surface area (Å²) in [5.41, 5.74) is 9.93. The molecule has 144 valence electrons. The highest BCUT2D eigenvalue weighted by atomic mass is 28.3. The van der Waals surface area contributed by atoms with Crippen LogP contribution in [0.1, 0.15) is 16.7 Å². The van der Waals surface area contributed by atoms with Crippen LogP contribution in [-0.2, 0) is 0 Å². The van der Waals surface area contributed by atoms with Gasteiger partial charge in [0.05, 0.1) is 0 Å². The highest BCUT2D eigenvalue weighted by Crippen LogP contribution is 2.53. The van der Waals surface area contributed by atoms with Gasteiger partial charge in [-0.05, 0) is 38.3 Å². The molecule has 3 aliphatic carbocycles. The van der Waals surface area contributed by atoms with Gasteiger partial charge in [0.1, 0.15) is 8.07 Å². The smallest absolute Gasteiger partial charge is 0.107 e. The highest BCUT2D eigenvalue weighted by Gasteiger charge is 2.47. The van der Waals surface area contributed by atoms with Crippen molar-refractivity contribution in [3.63, 3.8) is 0 Å². The minimum absolute atomic E-state index is 0.363. The highest BCUT2D eigenvalue weighted by molar-refractivity contribution is 7.00. The molecule has 0 saturated carbocycles. The molecule has 2 unspecified atom stereocenters. The van der Waals surface area contributed by atoms with Crippen molar-refractivity contribution in [1.29, 1.82) is 0 Å². The van der Waals surface area contributed by atoms with Gasteiger partial charge in [0.25, 0.3) is 0 Å². The Morgan fingerprint density at radius 3 is 2.03 bits per heavy atom. The van der Waals surface area contributed by atoms with Crippen LogP contribution in [0.5, 0.6) is 0 Å². The van der Waals surface area contributed by atoms with E-state index in [1.807, 2.05) is 0 Å². The lowest BCUT2D eigenvalue weighted by atomic mass is 9.97. The number of rotatable bonds is 3. The van der Waals surface area contributed by atoms with E-state index in [1.165, 1.54) is 38.3 Å². The molecule has 0 aromatic heterocycles. The van der Waals surface area contributed by atoms with Gasteiger partial charge < -0.3 is 0 Å². The van der Waals surface area contributed by atoms with E-state index in [0.717, 1.165) is 0 Å². The molecule has 0 radical (unpaired) electrons. The first-order valence-corrected chi connectivity index (χ1v) is 13.4. The van der Waals surface area contributed by atoms with E-state index < -0.39 is 8.07 Å². The fourth-order valence-electron chi connectivity index (χ4n) is 6.00. The van der Waals surface area contributed by atoms with Gasteiger partial charge in [0.2, 0.25) is 0 Å². The molecule has 0 fully saturated rings. The maximum atomic E-state index is 4.47. The van der Waals surface area contributed by atoms with Crippen LogP contribution in [0.3, 0.4) is 0 Å². The second kappa shape index (κ2) is 6.42. The van der Waals surface area contributed by atoms with Crippen LogP contribution in [0.25, 0.3) is 21.9 Å². The van der Waals surface area contributed by atoms with E-state index in [1.54, 1.807) is 5.20 Å². The Morgan fingerprint density at radius 1 is 0.767 bits per heavy atom. The van der Waals surface area contributed by atoms with Gasteiger partial charge in [-0.1, -0.05) is 115 Å². The molecule has 0 aliphatic heterocycles. The molecule has 2 atom stereocenters. The lowest BCUT2D eigenvalue weighted by Crippen LogP contribution is -2.43. The van der Waals surface area contributed by atoms with E-state index in [2.05, 4.69) is 116 Å². The molecule has 1 heteroatoms. The average molecular weight is 401 g/mol. The summed E-state index contributed by atoms with van der Waals surface area (Å²) in [7, 11) is -2.14. The van der Waals surface area contributed by atoms with E-state index in [9.17, 15) is 0 Å². The number of allylic oxidation sites excluding steroid dienone is 4. The van der Waals surface area contributed by atoms with Gasteiger partial charge in [0, 0.05) is 11.5 Å². The van der Waals surface area contributed by atoms with Crippen LogP contribution in [-0.4, -0.2) is 8.07 Å². The third-order valence-corrected chi connectivity index (χ3v) is 11.7. The average Bonchev–Trinajstić information content (AvgIpc) is 3.33. The van der Waals surface area contributed by atoms with Crippen LogP contribution < -0.4 is 10.4 Å². The first kappa shape index (κ1) is 17.7. The maximum Gasteiger partial charge on any atom is 0.115 e. The van der Waals surface area contributed by atoms with Crippen molar-refractivity contribution in [2.45, 2.75) is 12.1 Å². The molecule has 0 N–H and O–H groups in total. The van der Waals surface area contributed by atoms with Crippen LogP contribution >= 0.6 is 0 Å². The molecule has 0 heterocycles. The molecule has 3 aromatic rings. The lowest BCUT2D eigenvalue weighted by Gasteiger charge is -2.37. The summed E-state index contributed by atoms with van der Waals surface area (Å²) in [6, 6.07) is 27.0. The summed E-state index contributed by atoms with van der Waals surface area (Å²) in [4.78, 5) is 0. The third-order valence-electron chi connectivity index (χ3n) is 7.30. The van der Waals surface area contributed by atoms with E-state index >= 15 is 0 Å². The SMILES string of the molecule is C=C[Si](C)(C1=c2ccccc2=C2C=CC=CC21)C1c2ccccc2-c2ccccc21. The summed E-state index contributed by atoms with van der Waals surface area (Å²) in [5, 5.41) is 4.45. The van der Waals surface area contributed by atoms with Crippen LogP contribution in [0.2, 0.25) is 6.55 Å². The van der Waals surface area contributed by atoms with Gasteiger partial charge in [-0.2, -0.15) is 0 Å². The quantitative estimate of drug-likeness (QED) is 0.514. The standard InChI is InChI=1S/C29H24Si/c1-3-30(2,28-24-16-8-4-12-20(24)21-13-5-9-17-25(21)28)29-26-18-10-6-14-22(26)23-15-7-11-19-27(23)29/h3-19,24,29H,1H2,2H3. The van der Waals surface area contributed by atoms with Gasteiger partial charge in [-0.3, -0.25) is 0 Å². The topological polar surface area (TPSA) is 0 Å². The zero-order valence-electron chi connectivity index (χ0n) is 17.2. The fourth-order valence-corrected chi connectivity index (χ4v) is 10.3. The molecule has 3 aromatic carbocycles. The number of hydrogen-bond acceptors (Lipinski definition) is 0. The molecule has 0 nitrogen and oxygen atoms in total. The van der Waals surface area contributed by atoms with E-state index in [4.69, 9.17) is 0 Å². The number of hydrogen-bond donors (Lipinski definition) is 0.